The summed E-state index contributed by atoms with van der Waals surface area (Å²) in [4.78, 5) is 29.2. The van der Waals surface area contributed by atoms with Gasteiger partial charge in [0.05, 0.1) is 10.6 Å². The number of aryl methyl sites for hydroxylation is 3. The SMILES string of the molecule is CCc1ccccc1N(CC(=O)N(Cc1cccc(C)c1)[C@@H](CC)C(=O)NCC(C)C)S(=O)(=O)c1ccc(C)cc1. The van der Waals surface area contributed by atoms with Gasteiger partial charge in [-0.2, -0.15) is 0 Å². The highest BCUT2D eigenvalue weighted by Gasteiger charge is 2.34. The minimum atomic E-state index is -4.10. The third kappa shape index (κ3) is 8.19. The Hall–Kier alpha value is -3.65. The third-order valence-electron chi connectivity index (χ3n) is 7.03. The number of benzene rings is 3. The molecule has 1 N–H and O–H groups in total. The summed E-state index contributed by atoms with van der Waals surface area (Å²) < 4.78 is 29.4. The van der Waals surface area contributed by atoms with Crippen LogP contribution in [0.1, 0.15) is 56.4 Å². The van der Waals surface area contributed by atoms with E-state index in [1.807, 2.05) is 77.9 Å². The summed E-state index contributed by atoms with van der Waals surface area (Å²) >= 11 is 0. The normalized spacial score (nSPS) is 12.2. The van der Waals surface area contributed by atoms with Crippen LogP contribution < -0.4 is 9.62 Å². The Balaban J connectivity index is 2.08. The molecule has 8 heteroatoms. The zero-order valence-electron chi connectivity index (χ0n) is 25.1. The molecule has 0 spiro atoms. The fourth-order valence-corrected chi connectivity index (χ4v) is 6.21. The molecule has 41 heavy (non-hydrogen) atoms. The van der Waals surface area contributed by atoms with Gasteiger partial charge in [0.1, 0.15) is 12.6 Å². The number of carbonyl (C=O) groups excluding carboxylic acids is 2. The number of carbonyl (C=O) groups is 2. The van der Waals surface area contributed by atoms with E-state index in [9.17, 15) is 18.0 Å². The van der Waals surface area contributed by atoms with Gasteiger partial charge in [-0.1, -0.05) is 93.4 Å². The summed E-state index contributed by atoms with van der Waals surface area (Å²) in [6.45, 7) is 11.9. The van der Waals surface area contributed by atoms with Gasteiger partial charge >= 0.3 is 0 Å². The average molecular weight is 578 g/mol. The molecule has 220 valence electrons. The topological polar surface area (TPSA) is 86.8 Å². The Morgan fingerprint density at radius 3 is 2.17 bits per heavy atom. The molecule has 3 aromatic carbocycles. The quantitative estimate of drug-likeness (QED) is 0.285. The lowest BCUT2D eigenvalue weighted by molar-refractivity contribution is -0.140. The second kappa shape index (κ2) is 14.3. The van der Waals surface area contributed by atoms with Crippen molar-refractivity contribution in [3.05, 3.63) is 95.1 Å². The first kappa shape index (κ1) is 31.9. The molecule has 3 rings (SSSR count). The van der Waals surface area contributed by atoms with Gasteiger partial charge < -0.3 is 10.2 Å². The van der Waals surface area contributed by atoms with E-state index in [0.717, 1.165) is 22.3 Å². The summed E-state index contributed by atoms with van der Waals surface area (Å²) in [7, 11) is -4.10. The van der Waals surface area contributed by atoms with Crippen molar-refractivity contribution < 1.29 is 18.0 Å². The lowest BCUT2D eigenvalue weighted by Crippen LogP contribution is -2.52. The van der Waals surface area contributed by atoms with Crippen LogP contribution in [0.2, 0.25) is 0 Å². The number of hydrogen-bond donors (Lipinski definition) is 1. The zero-order valence-corrected chi connectivity index (χ0v) is 25.9. The van der Waals surface area contributed by atoms with Crippen molar-refractivity contribution in [2.75, 3.05) is 17.4 Å². The maximum Gasteiger partial charge on any atom is 0.264 e. The lowest BCUT2D eigenvalue weighted by Gasteiger charge is -2.34. The van der Waals surface area contributed by atoms with Crippen LogP contribution in [0.4, 0.5) is 5.69 Å². The first-order valence-electron chi connectivity index (χ1n) is 14.3. The standard InChI is InChI=1S/C33H43N3O4S/c1-7-28-14-9-10-15-31(28)36(41(39,40)29-18-16-25(5)17-19-29)23-32(37)35(22-27-13-11-12-26(6)20-27)30(8-2)33(38)34-21-24(3)4/h9-20,24,30H,7-8,21-23H2,1-6H3,(H,34,38)/t30-/m0/s1. The molecule has 0 saturated heterocycles. The van der Waals surface area contributed by atoms with Crippen molar-refractivity contribution in [3.63, 3.8) is 0 Å². The average Bonchev–Trinajstić information content (AvgIpc) is 2.94. The Bertz CT molecular complexity index is 1430. The molecule has 7 nitrogen and oxygen atoms in total. The molecule has 0 unspecified atom stereocenters. The minimum Gasteiger partial charge on any atom is -0.354 e. The molecule has 0 aliphatic heterocycles. The molecule has 3 aromatic rings. The van der Waals surface area contributed by atoms with Crippen LogP contribution in [0.25, 0.3) is 0 Å². The number of rotatable bonds is 13. The monoisotopic (exact) mass is 577 g/mol. The van der Waals surface area contributed by atoms with Crippen molar-refractivity contribution in [1.82, 2.24) is 10.2 Å². The summed E-state index contributed by atoms with van der Waals surface area (Å²) in [5.74, 6) is -0.443. The van der Waals surface area contributed by atoms with Gasteiger partial charge in [0.2, 0.25) is 11.8 Å². The largest absolute Gasteiger partial charge is 0.354 e. The number of nitrogens with one attached hydrogen (secondary N) is 1. The number of sulfonamides is 1. The predicted octanol–water partition coefficient (Wildman–Crippen LogP) is 5.64. The van der Waals surface area contributed by atoms with Crippen molar-refractivity contribution in [2.45, 2.75) is 71.9 Å². The van der Waals surface area contributed by atoms with Crippen LogP contribution in [0.3, 0.4) is 0 Å². The number of amides is 2. The number of para-hydroxylation sites is 1. The van der Waals surface area contributed by atoms with Crippen LogP contribution in [-0.2, 0) is 32.6 Å². The second-order valence-corrected chi connectivity index (χ2v) is 12.7. The van der Waals surface area contributed by atoms with Crippen molar-refractivity contribution in [3.8, 4) is 0 Å². The van der Waals surface area contributed by atoms with Gasteiger partial charge in [-0.05, 0) is 61.9 Å². The fourth-order valence-electron chi connectivity index (χ4n) is 4.75. The molecule has 2 amide bonds. The molecule has 0 aromatic heterocycles. The van der Waals surface area contributed by atoms with Crippen molar-refractivity contribution in [2.24, 2.45) is 5.92 Å². The highest BCUT2D eigenvalue weighted by atomic mass is 32.2. The number of nitrogens with zero attached hydrogens (tertiary/aromatic N) is 2. The molecule has 0 radical (unpaired) electrons. The highest BCUT2D eigenvalue weighted by molar-refractivity contribution is 7.92. The van der Waals surface area contributed by atoms with Gasteiger partial charge in [-0.15, -0.1) is 0 Å². The van der Waals surface area contributed by atoms with E-state index in [2.05, 4.69) is 5.32 Å². The zero-order chi connectivity index (χ0) is 30.2. The molecule has 0 aliphatic rings. The maximum atomic E-state index is 14.2. The number of anilines is 1. The molecule has 0 saturated carbocycles. The van der Waals surface area contributed by atoms with Gasteiger partial charge in [-0.3, -0.25) is 13.9 Å². The molecule has 0 bridgehead atoms. The first-order valence-corrected chi connectivity index (χ1v) is 15.7. The smallest absolute Gasteiger partial charge is 0.264 e. The van der Waals surface area contributed by atoms with E-state index in [4.69, 9.17) is 0 Å². The molecule has 0 fully saturated rings. The van der Waals surface area contributed by atoms with Crippen LogP contribution in [0, 0.1) is 19.8 Å². The van der Waals surface area contributed by atoms with Crippen molar-refractivity contribution in [1.29, 1.82) is 0 Å². The Labute approximate surface area is 245 Å². The molecular formula is C33H43N3O4S. The summed E-state index contributed by atoms with van der Waals surface area (Å²) in [5.41, 5.74) is 4.10. The van der Waals surface area contributed by atoms with Crippen LogP contribution >= 0.6 is 0 Å². The van der Waals surface area contributed by atoms with E-state index in [0.29, 0.717) is 25.1 Å². The van der Waals surface area contributed by atoms with Crippen LogP contribution in [0.5, 0.6) is 0 Å². The summed E-state index contributed by atoms with van der Waals surface area (Å²) in [5, 5.41) is 2.97. The predicted molar refractivity (Wildman–Crippen MR) is 165 cm³/mol. The Morgan fingerprint density at radius 1 is 0.878 bits per heavy atom. The highest BCUT2D eigenvalue weighted by Crippen LogP contribution is 2.28. The second-order valence-electron chi connectivity index (χ2n) is 10.9. The molecule has 0 heterocycles. The lowest BCUT2D eigenvalue weighted by atomic mass is 10.1. The maximum absolute atomic E-state index is 14.2. The Kier molecular flexibility index (Phi) is 11.1. The van der Waals surface area contributed by atoms with E-state index in [1.165, 1.54) is 9.21 Å². The fraction of sp³-hybridized carbons (Fsp3) is 0.394. The first-order chi connectivity index (χ1) is 19.5. The molecule has 1 atom stereocenters. The van der Waals surface area contributed by atoms with Crippen molar-refractivity contribution >= 4 is 27.5 Å². The Morgan fingerprint density at radius 2 is 1.56 bits per heavy atom. The summed E-state index contributed by atoms with van der Waals surface area (Å²) in [6, 6.07) is 20.9. The van der Waals surface area contributed by atoms with E-state index in [1.54, 1.807) is 36.4 Å². The van der Waals surface area contributed by atoms with E-state index < -0.39 is 28.5 Å². The molecular weight excluding hydrogens is 534 g/mol. The molecule has 0 aliphatic carbocycles. The number of hydrogen-bond acceptors (Lipinski definition) is 4. The van der Waals surface area contributed by atoms with Gasteiger partial charge in [0.15, 0.2) is 0 Å². The van der Waals surface area contributed by atoms with Crippen LogP contribution in [0.15, 0.2) is 77.7 Å². The van der Waals surface area contributed by atoms with E-state index in [-0.39, 0.29) is 23.3 Å². The minimum absolute atomic E-state index is 0.105. The van der Waals surface area contributed by atoms with Gasteiger partial charge in [0, 0.05) is 13.1 Å². The summed E-state index contributed by atoms with van der Waals surface area (Å²) in [6.07, 6.45) is 0.976. The van der Waals surface area contributed by atoms with E-state index >= 15 is 0 Å². The van der Waals surface area contributed by atoms with Gasteiger partial charge in [-0.25, -0.2) is 8.42 Å². The van der Waals surface area contributed by atoms with Gasteiger partial charge in [0.25, 0.3) is 10.0 Å². The third-order valence-corrected chi connectivity index (χ3v) is 8.81. The van der Waals surface area contributed by atoms with Crippen LogP contribution in [-0.4, -0.2) is 44.3 Å².